The van der Waals surface area contributed by atoms with Gasteiger partial charge in [-0.3, -0.25) is 4.90 Å². The van der Waals surface area contributed by atoms with Crippen molar-refractivity contribution >= 4 is 5.57 Å². The topological polar surface area (TPSA) is 27.0 Å². The van der Waals surface area contributed by atoms with Gasteiger partial charge in [-0.25, -0.2) is 4.39 Å². The van der Waals surface area contributed by atoms with E-state index >= 15 is 0 Å². The molecule has 0 amide bonds. The van der Waals surface area contributed by atoms with Gasteiger partial charge in [-0.2, -0.15) is 5.26 Å². The summed E-state index contributed by atoms with van der Waals surface area (Å²) in [5.74, 6) is -0.370. The van der Waals surface area contributed by atoms with E-state index in [0.29, 0.717) is 17.6 Å². The van der Waals surface area contributed by atoms with E-state index in [4.69, 9.17) is 5.26 Å². The molecule has 2 aromatic rings. The Kier molecular flexibility index (Phi) is 4.38. The molecule has 0 spiro atoms. The molecular weight excluding hydrogens is 311 g/mol. The molecule has 2 heterocycles. The van der Waals surface area contributed by atoms with Gasteiger partial charge < -0.3 is 0 Å². The Morgan fingerprint density at radius 1 is 1.08 bits per heavy atom. The maximum absolute atomic E-state index is 14.6. The second-order valence-corrected chi connectivity index (χ2v) is 6.98. The number of nitrogens with zero attached hydrogens (tertiary/aromatic N) is 2. The van der Waals surface area contributed by atoms with Gasteiger partial charge in [0, 0.05) is 24.2 Å². The quantitative estimate of drug-likeness (QED) is 0.799. The van der Waals surface area contributed by atoms with Crippen LogP contribution >= 0.6 is 0 Å². The first-order valence-electron chi connectivity index (χ1n) is 8.95. The van der Waals surface area contributed by atoms with Crippen LogP contribution < -0.4 is 0 Å². The Bertz CT molecular complexity index is 835. The van der Waals surface area contributed by atoms with Crippen molar-refractivity contribution in [2.45, 2.75) is 44.3 Å². The number of halogens is 1. The van der Waals surface area contributed by atoms with Gasteiger partial charge in [0.1, 0.15) is 11.9 Å². The fourth-order valence-corrected chi connectivity index (χ4v) is 4.22. The average molecular weight is 332 g/mol. The van der Waals surface area contributed by atoms with Gasteiger partial charge in [0.15, 0.2) is 0 Å². The minimum Gasteiger partial charge on any atom is -0.289 e. The van der Waals surface area contributed by atoms with E-state index in [9.17, 15) is 4.39 Å². The summed E-state index contributed by atoms with van der Waals surface area (Å²) in [6, 6.07) is 18.4. The van der Waals surface area contributed by atoms with Gasteiger partial charge >= 0.3 is 0 Å². The Balaban J connectivity index is 1.65. The summed E-state index contributed by atoms with van der Waals surface area (Å²) in [4.78, 5) is 2.56. The number of piperidine rings is 1. The van der Waals surface area contributed by atoms with Crippen LogP contribution in [0.25, 0.3) is 5.57 Å². The van der Waals surface area contributed by atoms with Gasteiger partial charge in [-0.1, -0.05) is 55.0 Å². The Labute approximate surface area is 148 Å². The van der Waals surface area contributed by atoms with Crippen LogP contribution in [-0.4, -0.2) is 17.0 Å². The van der Waals surface area contributed by atoms with Crippen molar-refractivity contribution in [1.29, 1.82) is 5.26 Å². The molecule has 1 fully saturated rings. The fraction of sp³-hybridized carbons (Fsp3) is 0.318. The van der Waals surface area contributed by atoms with Crippen LogP contribution in [0.3, 0.4) is 0 Å². The highest BCUT2D eigenvalue weighted by molar-refractivity contribution is 5.69. The molecule has 2 unspecified atom stereocenters. The molecule has 4 rings (SSSR count). The summed E-state index contributed by atoms with van der Waals surface area (Å²) >= 11 is 0. The highest BCUT2D eigenvalue weighted by Gasteiger charge is 2.34. The van der Waals surface area contributed by atoms with Crippen LogP contribution in [0.4, 0.5) is 4.39 Å². The van der Waals surface area contributed by atoms with Gasteiger partial charge in [0.25, 0.3) is 0 Å². The zero-order valence-electron chi connectivity index (χ0n) is 14.2. The third-order valence-electron chi connectivity index (χ3n) is 5.45. The minimum absolute atomic E-state index is 0.135. The van der Waals surface area contributed by atoms with Crippen molar-refractivity contribution in [2.24, 2.45) is 0 Å². The lowest BCUT2D eigenvalue weighted by Gasteiger charge is -2.45. The Morgan fingerprint density at radius 2 is 1.92 bits per heavy atom. The molecular formula is C22H21FN2. The van der Waals surface area contributed by atoms with Crippen molar-refractivity contribution in [3.63, 3.8) is 0 Å². The van der Waals surface area contributed by atoms with E-state index in [2.05, 4.69) is 35.2 Å². The molecule has 2 aliphatic rings. The lowest BCUT2D eigenvalue weighted by molar-refractivity contribution is 0.0950. The first-order valence-corrected chi connectivity index (χ1v) is 8.95. The van der Waals surface area contributed by atoms with E-state index in [-0.39, 0.29) is 11.4 Å². The number of benzene rings is 2. The molecule has 3 heteroatoms. The molecule has 1 saturated heterocycles. The fourth-order valence-electron chi connectivity index (χ4n) is 4.22. The molecule has 2 aromatic carbocycles. The summed E-state index contributed by atoms with van der Waals surface area (Å²) in [6.45, 7) is 0.945. The molecule has 2 bridgehead atoms. The molecule has 0 aliphatic carbocycles. The predicted molar refractivity (Wildman–Crippen MR) is 97.1 cm³/mol. The molecule has 25 heavy (non-hydrogen) atoms. The summed E-state index contributed by atoms with van der Waals surface area (Å²) in [5, 5.41) is 9.09. The third kappa shape index (κ3) is 3.10. The van der Waals surface area contributed by atoms with E-state index in [1.165, 1.54) is 12.0 Å². The molecule has 2 aliphatic heterocycles. The highest BCUT2D eigenvalue weighted by Crippen LogP contribution is 2.38. The number of hydrogen-bond acceptors (Lipinski definition) is 2. The first-order chi connectivity index (χ1) is 12.3. The van der Waals surface area contributed by atoms with Crippen LogP contribution in [0.5, 0.6) is 0 Å². The maximum Gasteiger partial charge on any atom is 0.148 e. The largest absolute Gasteiger partial charge is 0.289 e. The number of rotatable bonds is 3. The normalized spacial score (nSPS) is 23.0. The van der Waals surface area contributed by atoms with Crippen LogP contribution in [0.1, 0.15) is 42.4 Å². The first kappa shape index (κ1) is 16.1. The van der Waals surface area contributed by atoms with Gasteiger partial charge in [-0.05, 0) is 36.5 Å². The van der Waals surface area contributed by atoms with E-state index in [0.717, 1.165) is 31.4 Å². The highest BCUT2D eigenvalue weighted by atomic mass is 19.1. The lowest BCUT2D eigenvalue weighted by Crippen LogP contribution is -2.47. The molecule has 0 saturated carbocycles. The Morgan fingerprint density at radius 3 is 2.68 bits per heavy atom. The zero-order valence-corrected chi connectivity index (χ0v) is 14.2. The standard InChI is InChI=1S/C22H21FN2/c23-22-17(14-24)8-4-11-21(22)18-12-19-9-5-10-20(13-18)25(19)15-16-6-2-1-3-7-16/h1-4,6-8,11-12,19-20H,5,9-10,13,15H2. The SMILES string of the molecule is N#Cc1cccc(C2=CC3CCCC(C2)N3Cc2ccccc2)c1F. The molecule has 2 atom stereocenters. The summed E-state index contributed by atoms with van der Waals surface area (Å²) < 4.78 is 14.6. The summed E-state index contributed by atoms with van der Waals surface area (Å²) in [5.41, 5.74) is 3.13. The van der Waals surface area contributed by atoms with Crippen LogP contribution in [0, 0.1) is 17.1 Å². The molecule has 0 radical (unpaired) electrons. The van der Waals surface area contributed by atoms with Crippen LogP contribution in [0.2, 0.25) is 0 Å². The summed E-state index contributed by atoms with van der Waals surface area (Å²) in [6.07, 6.45) is 6.59. The van der Waals surface area contributed by atoms with Crippen molar-refractivity contribution in [3.8, 4) is 6.07 Å². The average Bonchev–Trinajstić information content (AvgIpc) is 2.63. The van der Waals surface area contributed by atoms with Gasteiger partial charge in [0.05, 0.1) is 5.56 Å². The Hall–Kier alpha value is -2.44. The third-order valence-corrected chi connectivity index (χ3v) is 5.45. The van der Waals surface area contributed by atoms with Crippen molar-refractivity contribution < 1.29 is 4.39 Å². The maximum atomic E-state index is 14.6. The number of fused-ring (bicyclic) bond motifs is 2. The van der Waals surface area contributed by atoms with Crippen LogP contribution in [0.15, 0.2) is 54.6 Å². The van der Waals surface area contributed by atoms with E-state index in [1.807, 2.05) is 18.2 Å². The van der Waals surface area contributed by atoms with E-state index < -0.39 is 0 Å². The monoisotopic (exact) mass is 332 g/mol. The van der Waals surface area contributed by atoms with Crippen molar-refractivity contribution in [1.82, 2.24) is 4.90 Å². The summed E-state index contributed by atoms with van der Waals surface area (Å²) in [7, 11) is 0. The lowest BCUT2D eigenvalue weighted by atomic mass is 9.82. The van der Waals surface area contributed by atoms with Crippen molar-refractivity contribution in [3.05, 3.63) is 77.1 Å². The predicted octanol–water partition coefficient (Wildman–Crippen LogP) is 4.91. The zero-order chi connectivity index (χ0) is 17.2. The smallest absolute Gasteiger partial charge is 0.148 e. The molecule has 126 valence electrons. The van der Waals surface area contributed by atoms with Crippen LogP contribution in [-0.2, 0) is 6.54 Å². The van der Waals surface area contributed by atoms with E-state index in [1.54, 1.807) is 12.1 Å². The number of hydrogen-bond donors (Lipinski definition) is 0. The molecule has 2 nitrogen and oxygen atoms in total. The van der Waals surface area contributed by atoms with Gasteiger partial charge in [0.2, 0.25) is 0 Å². The molecule has 0 aromatic heterocycles. The van der Waals surface area contributed by atoms with Gasteiger partial charge in [-0.15, -0.1) is 0 Å². The second kappa shape index (κ2) is 6.82. The molecule has 0 N–H and O–H groups in total. The van der Waals surface area contributed by atoms with Crippen molar-refractivity contribution in [2.75, 3.05) is 0 Å². The second-order valence-electron chi connectivity index (χ2n) is 6.98. The minimum atomic E-state index is -0.370. The number of nitriles is 1.